The highest BCUT2D eigenvalue weighted by Gasteiger charge is 2.51. The predicted molar refractivity (Wildman–Crippen MR) is 230 cm³/mol. The molecule has 55 heavy (non-hydrogen) atoms. The van der Waals surface area contributed by atoms with E-state index in [0.717, 1.165) is 0 Å². The second kappa shape index (κ2) is 12.5. The van der Waals surface area contributed by atoms with Crippen molar-refractivity contribution < 1.29 is 0 Å². The first-order chi connectivity index (χ1) is 27.3. The van der Waals surface area contributed by atoms with Gasteiger partial charge in [-0.15, -0.1) is 0 Å². The third kappa shape index (κ3) is 4.92. The minimum absolute atomic E-state index is 0.345. The molecule has 11 rings (SSSR count). The van der Waals surface area contributed by atoms with Gasteiger partial charge in [0.15, 0.2) is 0 Å². The Bertz CT molecular complexity index is 2820. The molecule has 2 aliphatic carbocycles. The molecule has 0 saturated carbocycles. The lowest BCUT2D eigenvalue weighted by Gasteiger charge is -2.30. The molecule has 0 bridgehead atoms. The fourth-order valence-corrected chi connectivity index (χ4v) is 9.37. The molecular weight excluding hydrogens is 661 g/mol. The first kappa shape index (κ1) is 31.5. The standard InChI is InChI=1S/C55H36/c1-3-13-37(14-4-1)39-23-27-41(28-24-39)45-33-44(38-15-5-2-6-16-38)34-46(35-45)42-29-25-40(26-30-42)43-31-32-50-49-19-9-12-22-53(49)55(54(50)36-43)51-20-10-7-17-47(51)48-18-8-11-21-52(48)55/h1-36H. The van der Waals surface area contributed by atoms with E-state index in [1.165, 1.54) is 100 Å². The van der Waals surface area contributed by atoms with E-state index in [9.17, 15) is 0 Å². The van der Waals surface area contributed by atoms with Crippen LogP contribution in [0.1, 0.15) is 22.3 Å². The van der Waals surface area contributed by atoms with Crippen molar-refractivity contribution in [2.24, 2.45) is 0 Å². The van der Waals surface area contributed by atoms with Crippen LogP contribution in [0.3, 0.4) is 0 Å². The number of benzene rings is 9. The van der Waals surface area contributed by atoms with E-state index in [-0.39, 0.29) is 5.41 Å². The van der Waals surface area contributed by atoms with Crippen LogP contribution in [0.25, 0.3) is 77.9 Å². The normalized spacial score (nSPS) is 12.9. The van der Waals surface area contributed by atoms with Crippen molar-refractivity contribution in [3.8, 4) is 77.9 Å². The zero-order valence-corrected chi connectivity index (χ0v) is 30.3. The summed E-state index contributed by atoms with van der Waals surface area (Å²) in [5.41, 5.74) is 22.6. The molecule has 0 N–H and O–H groups in total. The summed E-state index contributed by atoms with van der Waals surface area (Å²) in [4.78, 5) is 0. The number of fused-ring (bicyclic) bond motifs is 10. The first-order valence-electron chi connectivity index (χ1n) is 19.2. The SMILES string of the molecule is c1ccc(-c2ccc(-c3cc(-c4ccccc4)cc(-c4ccc(-c5ccc6c(c5)C5(c7ccccc7-c7ccccc75)c5ccccc5-6)cc4)c3)cc2)cc1. The average molecular weight is 697 g/mol. The van der Waals surface area contributed by atoms with Crippen molar-refractivity contribution in [1.82, 2.24) is 0 Å². The van der Waals surface area contributed by atoms with Crippen LogP contribution in [-0.2, 0) is 5.41 Å². The summed E-state index contributed by atoms with van der Waals surface area (Å²) < 4.78 is 0. The lowest BCUT2D eigenvalue weighted by Crippen LogP contribution is -2.25. The highest BCUT2D eigenvalue weighted by molar-refractivity contribution is 5.96. The summed E-state index contributed by atoms with van der Waals surface area (Å²) in [7, 11) is 0. The number of hydrogen-bond donors (Lipinski definition) is 0. The second-order valence-corrected chi connectivity index (χ2v) is 14.8. The molecule has 0 aliphatic heterocycles. The van der Waals surface area contributed by atoms with Crippen LogP contribution in [0.15, 0.2) is 218 Å². The van der Waals surface area contributed by atoms with Crippen molar-refractivity contribution in [3.05, 3.63) is 241 Å². The zero-order valence-electron chi connectivity index (χ0n) is 30.3. The fourth-order valence-electron chi connectivity index (χ4n) is 9.37. The van der Waals surface area contributed by atoms with Gasteiger partial charge in [-0.2, -0.15) is 0 Å². The summed E-state index contributed by atoms with van der Waals surface area (Å²) in [5.74, 6) is 0. The Morgan fingerprint density at radius 1 is 0.182 bits per heavy atom. The molecule has 2 aliphatic rings. The molecule has 0 radical (unpaired) electrons. The molecule has 9 aromatic rings. The van der Waals surface area contributed by atoms with Gasteiger partial charge in [0, 0.05) is 0 Å². The highest BCUT2D eigenvalue weighted by Crippen LogP contribution is 2.63. The Morgan fingerprint density at radius 3 is 0.909 bits per heavy atom. The summed E-state index contributed by atoms with van der Waals surface area (Å²) in [5, 5.41) is 0. The molecule has 0 atom stereocenters. The van der Waals surface area contributed by atoms with Gasteiger partial charge in [0.25, 0.3) is 0 Å². The lowest BCUT2D eigenvalue weighted by atomic mass is 9.70. The molecule has 1 spiro atoms. The van der Waals surface area contributed by atoms with E-state index in [4.69, 9.17) is 0 Å². The Balaban J connectivity index is 1.00. The maximum atomic E-state index is 2.47. The van der Waals surface area contributed by atoms with E-state index in [2.05, 4.69) is 218 Å². The lowest BCUT2D eigenvalue weighted by molar-refractivity contribution is 0.794. The second-order valence-electron chi connectivity index (χ2n) is 14.8. The average Bonchev–Trinajstić information content (AvgIpc) is 3.74. The molecule has 0 saturated heterocycles. The van der Waals surface area contributed by atoms with Gasteiger partial charge < -0.3 is 0 Å². The number of rotatable bonds is 5. The molecule has 0 aromatic heterocycles. The Labute approximate surface area is 322 Å². The monoisotopic (exact) mass is 696 g/mol. The minimum atomic E-state index is -0.345. The Hall–Kier alpha value is -7.02. The highest BCUT2D eigenvalue weighted by atomic mass is 14.5. The van der Waals surface area contributed by atoms with Crippen molar-refractivity contribution in [3.63, 3.8) is 0 Å². The largest absolute Gasteiger partial charge is 0.0725 e. The molecular formula is C55H36. The Morgan fingerprint density at radius 2 is 0.473 bits per heavy atom. The van der Waals surface area contributed by atoms with Gasteiger partial charge in [-0.1, -0.05) is 194 Å². The summed E-state index contributed by atoms with van der Waals surface area (Å²) in [6.45, 7) is 0. The van der Waals surface area contributed by atoms with E-state index in [0.29, 0.717) is 0 Å². The van der Waals surface area contributed by atoms with Gasteiger partial charge in [-0.3, -0.25) is 0 Å². The first-order valence-corrected chi connectivity index (χ1v) is 19.2. The zero-order chi connectivity index (χ0) is 36.3. The topological polar surface area (TPSA) is 0 Å². The van der Waals surface area contributed by atoms with Gasteiger partial charge in [-0.25, -0.2) is 0 Å². The maximum Gasteiger partial charge on any atom is 0.0725 e. The van der Waals surface area contributed by atoms with E-state index in [1.54, 1.807) is 0 Å². The molecule has 9 aromatic carbocycles. The van der Waals surface area contributed by atoms with Crippen LogP contribution in [0, 0.1) is 0 Å². The molecule has 0 unspecified atom stereocenters. The third-order valence-corrected chi connectivity index (χ3v) is 11.9. The molecule has 256 valence electrons. The summed E-state index contributed by atoms with van der Waals surface area (Å²) >= 11 is 0. The maximum absolute atomic E-state index is 2.47. The third-order valence-electron chi connectivity index (χ3n) is 11.9. The molecule has 0 amide bonds. The molecule has 0 heterocycles. The Kier molecular flexibility index (Phi) is 7.19. The summed E-state index contributed by atoms with van der Waals surface area (Å²) in [6, 6.07) is 80.6. The van der Waals surface area contributed by atoms with E-state index < -0.39 is 0 Å². The van der Waals surface area contributed by atoms with Gasteiger partial charge >= 0.3 is 0 Å². The van der Waals surface area contributed by atoms with Crippen molar-refractivity contribution in [2.75, 3.05) is 0 Å². The van der Waals surface area contributed by atoms with Crippen LogP contribution in [0.2, 0.25) is 0 Å². The van der Waals surface area contributed by atoms with Crippen LogP contribution in [0.5, 0.6) is 0 Å². The van der Waals surface area contributed by atoms with Gasteiger partial charge in [0.1, 0.15) is 0 Å². The van der Waals surface area contributed by atoms with Crippen LogP contribution in [0.4, 0.5) is 0 Å². The quantitative estimate of drug-likeness (QED) is 0.168. The van der Waals surface area contributed by atoms with Crippen molar-refractivity contribution in [2.45, 2.75) is 5.41 Å². The van der Waals surface area contributed by atoms with Crippen LogP contribution >= 0.6 is 0 Å². The smallest absolute Gasteiger partial charge is 0.0622 e. The molecule has 0 heteroatoms. The van der Waals surface area contributed by atoms with Crippen molar-refractivity contribution in [1.29, 1.82) is 0 Å². The van der Waals surface area contributed by atoms with Crippen molar-refractivity contribution >= 4 is 0 Å². The predicted octanol–water partition coefficient (Wildman–Crippen LogP) is 14.4. The van der Waals surface area contributed by atoms with Gasteiger partial charge in [0.05, 0.1) is 5.41 Å². The molecule has 0 fully saturated rings. The molecule has 0 nitrogen and oxygen atoms in total. The van der Waals surface area contributed by atoms with E-state index >= 15 is 0 Å². The van der Waals surface area contributed by atoms with Gasteiger partial charge in [-0.05, 0) is 124 Å². The summed E-state index contributed by atoms with van der Waals surface area (Å²) in [6.07, 6.45) is 0. The van der Waals surface area contributed by atoms with Gasteiger partial charge in [0.2, 0.25) is 0 Å². The van der Waals surface area contributed by atoms with Crippen LogP contribution < -0.4 is 0 Å². The van der Waals surface area contributed by atoms with Crippen LogP contribution in [-0.4, -0.2) is 0 Å². The van der Waals surface area contributed by atoms with E-state index in [1.807, 2.05) is 0 Å². The number of hydrogen-bond acceptors (Lipinski definition) is 0. The fraction of sp³-hybridized carbons (Fsp3) is 0.0182. The minimum Gasteiger partial charge on any atom is -0.0622 e.